The Kier molecular flexibility index (Phi) is 7.63. The molecule has 3 heterocycles. The Morgan fingerprint density at radius 2 is 1.45 bits per heavy atom. The standard InChI is InChI=1S/C41H43N3O5/c1-24-20-27(21-25(2)36(24)45)35-30-14-15-31-34(32(30)22-33-38(47)44(40(49)41(33,35)3)28-12-8-5-9-13-28)39(48)43(37(31)46)29-16-18-42(19-17-29)23-26-10-6-4-7-11-26/h4-14,20-21,29,31-35,45H,15-19,22-23H2,1-3H3. The lowest BCUT2D eigenvalue weighted by Crippen LogP contribution is -2.49. The molecule has 2 aliphatic carbocycles. The quantitative estimate of drug-likeness (QED) is 0.271. The van der Waals surface area contributed by atoms with E-state index in [0.717, 1.165) is 43.6 Å². The van der Waals surface area contributed by atoms with E-state index in [1.165, 1.54) is 10.5 Å². The number of benzene rings is 3. The van der Waals surface area contributed by atoms with Crippen LogP contribution >= 0.6 is 0 Å². The summed E-state index contributed by atoms with van der Waals surface area (Å²) in [5, 5.41) is 10.7. The van der Waals surface area contributed by atoms with Crippen molar-refractivity contribution in [3.63, 3.8) is 0 Å². The summed E-state index contributed by atoms with van der Waals surface area (Å²) in [6.07, 6.45) is 4.36. The third-order valence-electron chi connectivity index (χ3n) is 12.3. The lowest BCUT2D eigenvalue weighted by Gasteiger charge is -2.49. The monoisotopic (exact) mass is 657 g/mol. The van der Waals surface area contributed by atoms with Gasteiger partial charge < -0.3 is 5.11 Å². The van der Waals surface area contributed by atoms with Crippen molar-refractivity contribution in [2.24, 2.45) is 29.1 Å². The summed E-state index contributed by atoms with van der Waals surface area (Å²) in [6.45, 7) is 8.07. The van der Waals surface area contributed by atoms with E-state index in [1.54, 1.807) is 17.0 Å². The Hall–Kier alpha value is -4.56. The van der Waals surface area contributed by atoms with Gasteiger partial charge in [-0.3, -0.25) is 29.0 Å². The number of carbonyl (C=O) groups is 4. The van der Waals surface area contributed by atoms with Crippen LogP contribution in [0.3, 0.4) is 0 Å². The molecule has 3 saturated heterocycles. The Morgan fingerprint density at radius 3 is 2.10 bits per heavy atom. The van der Waals surface area contributed by atoms with Crippen molar-refractivity contribution >= 4 is 29.3 Å². The van der Waals surface area contributed by atoms with Crippen LogP contribution in [0.2, 0.25) is 0 Å². The van der Waals surface area contributed by atoms with Gasteiger partial charge in [-0.05, 0) is 86.8 Å². The predicted molar refractivity (Wildman–Crippen MR) is 185 cm³/mol. The Bertz CT molecular complexity index is 1860. The third kappa shape index (κ3) is 4.82. The fourth-order valence-electron chi connectivity index (χ4n) is 9.94. The lowest BCUT2D eigenvalue weighted by molar-refractivity contribution is -0.144. The van der Waals surface area contributed by atoms with Crippen LogP contribution in [0.15, 0.2) is 84.4 Å². The van der Waals surface area contributed by atoms with Crippen LogP contribution in [-0.2, 0) is 25.7 Å². The van der Waals surface area contributed by atoms with Crippen molar-refractivity contribution in [2.45, 2.75) is 65.0 Å². The molecule has 5 aliphatic rings. The number of phenolic OH excluding ortho intramolecular Hbond substituents is 1. The van der Waals surface area contributed by atoms with Gasteiger partial charge in [-0.15, -0.1) is 0 Å². The van der Waals surface area contributed by atoms with E-state index < -0.39 is 29.1 Å². The third-order valence-corrected chi connectivity index (χ3v) is 12.3. The number of imide groups is 2. The molecule has 8 heteroatoms. The van der Waals surface area contributed by atoms with Crippen LogP contribution in [0, 0.1) is 42.9 Å². The van der Waals surface area contributed by atoms with Gasteiger partial charge in [0.15, 0.2) is 0 Å². The van der Waals surface area contributed by atoms with Gasteiger partial charge in [-0.25, -0.2) is 4.90 Å². The van der Waals surface area contributed by atoms with Crippen molar-refractivity contribution in [3.8, 4) is 5.75 Å². The second kappa shape index (κ2) is 11.8. The minimum atomic E-state index is -1.10. The van der Waals surface area contributed by atoms with E-state index >= 15 is 0 Å². The second-order valence-corrected chi connectivity index (χ2v) is 15.0. The van der Waals surface area contributed by atoms with Gasteiger partial charge in [0.2, 0.25) is 23.6 Å². The molecule has 0 spiro atoms. The molecular weight excluding hydrogens is 614 g/mol. The highest BCUT2D eigenvalue weighted by Gasteiger charge is 2.67. The second-order valence-electron chi connectivity index (χ2n) is 15.0. The average molecular weight is 658 g/mol. The molecule has 3 aromatic carbocycles. The Labute approximate surface area is 287 Å². The van der Waals surface area contributed by atoms with Crippen molar-refractivity contribution < 1.29 is 24.3 Å². The fourth-order valence-corrected chi connectivity index (χ4v) is 9.94. The summed E-state index contributed by atoms with van der Waals surface area (Å²) in [6, 6.07) is 23.1. The summed E-state index contributed by atoms with van der Waals surface area (Å²) < 4.78 is 0. The normalized spacial score (nSPS) is 30.3. The average Bonchev–Trinajstić information content (AvgIpc) is 3.47. The molecule has 3 aliphatic heterocycles. The highest BCUT2D eigenvalue weighted by molar-refractivity contribution is 6.24. The molecule has 6 unspecified atom stereocenters. The first kappa shape index (κ1) is 31.7. The number of hydrogen-bond acceptors (Lipinski definition) is 6. The number of aryl methyl sites for hydroxylation is 2. The molecular formula is C41H43N3O5. The number of rotatable bonds is 5. The largest absolute Gasteiger partial charge is 0.507 e. The smallest absolute Gasteiger partial charge is 0.241 e. The summed E-state index contributed by atoms with van der Waals surface area (Å²) in [4.78, 5) is 63.0. The summed E-state index contributed by atoms with van der Waals surface area (Å²) in [5.41, 5.74) is 3.90. The van der Waals surface area contributed by atoms with E-state index in [4.69, 9.17) is 0 Å². The first-order chi connectivity index (χ1) is 23.6. The van der Waals surface area contributed by atoms with E-state index in [-0.39, 0.29) is 41.3 Å². The molecule has 49 heavy (non-hydrogen) atoms. The van der Waals surface area contributed by atoms with Crippen LogP contribution in [0.4, 0.5) is 5.69 Å². The number of amides is 4. The molecule has 4 fully saturated rings. The van der Waals surface area contributed by atoms with Crippen LogP contribution in [0.25, 0.3) is 0 Å². The van der Waals surface area contributed by atoms with Gasteiger partial charge in [-0.1, -0.05) is 72.3 Å². The predicted octanol–water partition coefficient (Wildman–Crippen LogP) is 5.90. The number of piperidine rings is 1. The van der Waals surface area contributed by atoms with Crippen LogP contribution < -0.4 is 4.90 Å². The molecule has 8 rings (SSSR count). The first-order valence-corrected chi connectivity index (χ1v) is 17.7. The molecule has 1 saturated carbocycles. The zero-order chi connectivity index (χ0) is 34.2. The maximum Gasteiger partial charge on any atom is 0.241 e. The van der Waals surface area contributed by atoms with Gasteiger partial charge in [0.1, 0.15) is 5.75 Å². The number of phenols is 1. The Morgan fingerprint density at radius 1 is 0.816 bits per heavy atom. The van der Waals surface area contributed by atoms with Gasteiger partial charge in [0.25, 0.3) is 0 Å². The molecule has 8 nitrogen and oxygen atoms in total. The zero-order valence-electron chi connectivity index (χ0n) is 28.3. The number of fused-ring (bicyclic) bond motifs is 4. The number of hydrogen-bond donors (Lipinski definition) is 1. The molecule has 0 bridgehead atoms. The number of aromatic hydroxyl groups is 1. The maximum absolute atomic E-state index is 14.6. The van der Waals surface area contributed by atoms with Crippen molar-refractivity contribution in [1.82, 2.24) is 9.80 Å². The van der Waals surface area contributed by atoms with Crippen molar-refractivity contribution in [3.05, 3.63) is 107 Å². The summed E-state index contributed by atoms with van der Waals surface area (Å²) in [7, 11) is 0. The highest BCUT2D eigenvalue weighted by atomic mass is 16.3. The van der Waals surface area contributed by atoms with Crippen LogP contribution in [0.1, 0.15) is 60.8 Å². The number of anilines is 1. The highest BCUT2D eigenvalue weighted by Crippen LogP contribution is 2.64. The first-order valence-electron chi connectivity index (χ1n) is 17.7. The van der Waals surface area contributed by atoms with Crippen molar-refractivity contribution in [1.29, 1.82) is 0 Å². The van der Waals surface area contributed by atoms with Crippen molar-refractivity contribution in [2.75, 3.05) is 18.0 Å². The molecule has 4 amide bonds. The molecule has 3 aromatic rings. The number of nitrogens with zero attached hydrogens (tertiary/aromatic N) is 3. The number of carbonyl (C=O) groups excluding carboxylic acids is 4. The minimum absolute atomic E-state index is 0.0900. The maximum atomic E-state index is 14.6. The lowest BCUT2D eigenvalue weighted by atomic mass is 9.51. The molecule has 0 radical (unpaired) electrons. The zero-order valence-corrected chi connectivity index (χ0v) is 28.3. The van der Waals surface area contributed by atoms with E-state index in [1.807, 2.05) is 69.3 Å². The molecule has 1 N–H and O–H groups in total. The van der Waals surface area contributed by atoms with Gasteiger partial charge in [-0.2, -0.15) is 0 Å². The fraction of sp³-hybridized carbons (Fsp3) is 0.415. The SMILES string of the molecule is Cc1cc(C2C3=CCC4C(=O)N(C5CCN(Cc6ccccc6)CC5)C(=O)C4C3CC3C(=O)N(c4ccccc4)C(=O)C32C)cc(C)c1O. The van der Waals surface area contributed by atoms with Gasteiger partial charge in [0.05, 0.1) is 28.9 Å². The van der Waals surface area contributed by atoms with E-state index in [0.29, 0.717) is 29.7 Å². The summed E-state index contributed by atoms with van der Waals surface area (Å²) >= 11 is 0. The van der Waals surface area contributed by atoms with E-state index in [9.17, 15) is 24.3 Å². The minimum Gasteiger partial charge on any atom is -0.507 e. The Balaban J connectivity index is 1.14. The molecule has 6 atom stereocenters. The van der Waals surface area contributed by atoms with E-state index in [2.05, 4.69) is 23.1 Å². The van der Waals surface area contributed by atoms with Crippen LogP contribution in [-0.4, -0.2) is 57.7 Å². The summed E-state index contributed by atoms with van der Waals surface area (Å²) in [5.74, 6) is -3.03. The number of para-hydroxylation sites is 1. The number of likely N-dealkylation sites (tertiary alicyclic amines) is 2. The van der Waals surface area contributed by atoms with Crippen LogP contribution in [0.5, 0.6) is 5.75 Å². The topological polar surface area (TPSA) is 98.2 Å². The molecule has 252 valence electrons. The van der Waals surface area contributed by atoms with Gasteiger partial charge in [0, 0.05) is 31.6 Å². The number of allylic oxidation sites excluding steroid dienone is 2. The molecule has 0 aromatic heterocycles. The van der Waals surface area contributed by atoms with Gasteiger partial charge >= 0.3 is 0 Å².